The van der Waals surface area contributed by atoms with Crippen LogP contribution in [0.5, 0.6) is 5.75 Å². The second-order valence-corrected chi connectivity index (χ2v) is 4.39. The molecule has 0 saturated heterocycles. The van der Waals surface area contributed by atoms with Crippen molar-refractivity contribution >= 4 is 5.69 Å². The normalized spacial score (nSPS) is 9.95. The number of nitro groups is 1. The summed E-state index contributed by atoms with van der Waals surface area (Å²) in [5, 5.41) is 19.5. The van der Waals surface area contributed by atoms with Gasteiger partial charge in [0.05, 0.1) is 16.6 Å². The smallest absolute Gasteiger partial charge is 0.305 e. The van der Waals surface area contributed by atoms with E-state index < -0.39 is 16.4 Å². The van der Waals surface area contributed by atoms with Gasteiger partial charge in [0, 0.05) is 11.6 Å². The first-order chi connectivity index (χ1) is 10.0. The molecule has 0 aliphatic heterocycles. The lowest BCUT2D eigenvalue weighted by atomic mass is 10.1. The average molecular weight is 286 g/mol. The molecule has 0 aromatic heterocycles. The zero-order chi connectivity index (χ0) is 15.4. The fourth-order valence-corrected chi connectivity index (χ4v) is 1.80. The summed E-state index contributed by atoms with van der Waals surface area (Å²) < 4.78 is 19.4. The van der Waals surface area contributed by atoms with Crippen molar-refractivity contribution in [3.05, 3.63) is 69.0 Å². The van der Waals surface area contributed by atoms with Crippen LogP contribution < -0.4 is 4.74 Å². The van der Waals surface area contributed by atoms with E-state index in [4.69, 9.17) is 10.00 Å². The number of hydrogen-bond acceptors (Lipinski definition) is 4. The van der Waals surface area contributed by atoms with Crippen molar-refractivity contribution in [2.45, 2.75) is 13.5 Å². The van der Waals surface area contributed by atoms with Gasteiger partial charge in [-0.2, -0.15) is 9.65 Å². The van der Waals surface area contributed by atoms with Crippen molar-refractivity contribution in [1.29, 1.82) is 5.26 Å². The van der Waals surface area contributed by atoms with Crippen LogP contribution in [0.1, 0.15) is 16.7 Å². The molecular weight excluding hydrogens is 275 g/mol. The quantitative estimate of drug-likeness (QED) is 0.636. The Labute approximate surface area is 120 Å². The molecular formula is C15H11FN2O3. The Bertz CT molecular complexity index is 738. The Morgan fingerprint density at radius 2 is 2.14 bits per heavy atom. The van der Waals surface area contributed by atoms with Crippen LogP contribution in [0.15, 0.2) is 36.4 Å². The number of nitrogens with zero attached hydrogens (tertiary/aromatic N) is 2. The third kappa shape index (κ3) is 3.15. The fraction of sp³-hybridized carbons (Fsp3) is 0.133. The van der Waals surface area contributed by atoms with E-state index in [2.05, 4.69) is 0 Å². The van der Waals surface area contributed by atoms with E-state index in [9.17, 15) is 14.5 Å². The maximum atomic E-state index is 13.9. The number of nitriles is 1. The number of nitro benzene ring substituents is 1. The number of ether oxygens (including phenoxy) is 1. The molecule has 0 fully saturated rings. The number of rotatable bonds is 4. The first-order valence-corrected chi connectivity index (χ1v) is 6.08. The zero-order valence-corrected chi connectivity index (χ0v) is 11.2. The largest absolute Gasteiger partial charge is 0.488 e. The molecule has 106 valence electrons. The Kier molecular flexibility index (Phi) is 4.14. The molecule has 0 saturated carbocycles. The Morgan fingerprint density at radius 3 is 2.81 bits per heavy atom. The molecule has 21 heavy (non-hydrogen) atoms. The first kappa shape index (κ1) is 14.5. The minimum atomic E-state index is -0.906. The molecule has 0 N–H and O–H groups in total. The van der Waals surface area contributed by atoms with Gasteiger partial charge in [0.25, 0.3) is 0 Å². The van der Waals surface area contributed by atoms with E-state index in [-0.39, 0.29) is 12.2 Å². The van der Waals surface area contributed by atoms with E-state index in [1.54, 1.807) is 25.1 Å². The van der Waals surface area contributed by atoms with Crippen LogP contribution >= 0.6 is 0 Å². The Morgan fingerprint density at radius 1 is 1.38 bits per heavy atom. The molecule has 5 nitrogen and oxygen atoms in total. The second kappa shape index (κ2) is 6.01. The summed E-state index contributed by atoms with van der Waals surface area (Å²) in [6.07, 6.45) is 0. The maximum absolute atomic E-state index is 13.9. The standard InChI is InChI=1S/C15H11FN2O3/c1-10-5-6-11(8-17)7-14(10)21-9-12-3-2-4-13(15(12)16)18(19)20/h2-7H,9H2,1H3. The van der Waals surface area contributed by atoms with Gasteiger partial charge in [-0.15, -0.1) is 0 Å². The van der Waals surface area contributed by atoms with Crippen LogP contribution in [-0.4, -0.2) is 4.92 Å². The summed E-state index contributed by atoms with van der Waals surface area (Å²) in [4.78, 5) is 9.90. The van der Waals surface area contributed by atoms with Crippen LogP contribution in [0.25, 0.3) is 0 Å². The second-order valence-electron chi connectivity index (χ2n) is 4.39. The van der Waals surface area contributed by atoms with Crippen molar-refractivity contribution in [3.63, 3.8) is 0 Å². The van der Waals surface area contributed by atoms with Gasteiger partial charge in [0.2, 0.25) is 5.82 Å². The van der Waals surface area contributed by atoms with E-state index in [1.807, 2.05) is 6.07 Å². The van der Waals surface area contributed by atoms with Crippen molar-refractivity contribution in [3.8, 4) is 11.8 Å². The predicted molar refractivity (Wildman–Crippen MR) is 73.3 cm³/mol. The first-order valence-electron chi connectivity index (χ1n) is 6.08. The van der Waals surface area contributed by atoms with Crippen LogP contribution in [0.2, 0.25) is 0 Å². The van der Waals surface area contributed by atoms with E-state index >= 15 is 0 Å². The van der Waals surface area contributed by atoms with Gasteiger partial charge in [0.15, 0.2) is 0 Å². The molecule has 0 bridgehead atoms. The fourth-order valence-electron chi connectivity index (χ4n) is 1.80. The van der Waals surface area contributed by atoms with E-state index in [0.717, 1.165) is 11.6 Å². The third-order valence-corrected chi connectivity index (χ3v) is 2.96. The lowest BCUT2D eigenvalue weighted by Gasteiger charge is -2.10. The van der Waals surface area contributed by atoms with Crippen molar-refractivity contribution < 1.29 is 14.1 Å². The molecule has 2 aromatic rings. The maximum Gasteiger partial charge on any atom is 0.305 e. The SMILES string of the molecule is Cc1ccc(C#N)cc1OCc1cccc([N+](=O)[O-])c1F. The number of benzene rings is 2. The molecule has 0 amide bonds. The highest BCUT2D eigenvalue weighted by Crippen LogP contribution is 2.24. The highest BCUT2D eigenvalue weighted by molar-refractivity contribution is 5.42. The molecule has 0 aliphatic carbocycles. The molecule has 0 radical (unpaired) electrons. The van der Waals surface area contributed by atoms with Crippen LogP contribution in [0, 0.1) is 34.2 Å². The monoisotopic (exact) mass is 286 g/mol. The lowest BCUT2D eigenvalue weighted by Crippen LogP contribution is -2.02. The average Bonchev–Trinajstić information content (AvgIpc) is 2.47. The third-order valence-electron chi connectivity index (χ3n) is 2.96. The Hall–Kier alpha value is -2.94. The topological polar surface area (TPSA) is 76.2 Å². The molecule has 2 rings (SSSR count). The minimum Gasteiger partial charge on any atom is -0.488 e. The summed E-state index contributed by atoms with van der Waals surface area (Å²) in [6, 6.07) is 10.8. The summed E-state index contributed by atoms with van der Waals surface area (Å²) in [6.45, 7) is 1.64. The van der Waals surface area contributed by atoms with Gasteiger partial charge < -0.3 is 4.74 Å². The highest BCUT2D eigenvalue weighted by atomic mass is 19.1. The number of aryl methyl sites for hydroxylation is 1. The van der Waals surface area contributed by atoms with Gasteiger partial charge in [0.1, 0.15) is 12.4 Å². The van der Waals surface area contributed by atoms with Crippen LogP contribution in [0.4, 0.5) is 10.1 Å². The highest BCUT2D eigenvalue weighted by Gasteiger charge is 2.17. The molecule has 0 unspecified atom stereocenters. The molecule has 0 aliphatic rings. The van der Waals surface area contributed by atoms with Gasteiger partial charge in [-0.05, 0) is 24.6 Å². The summed E-state index contributed by atoms with van der Waals surface area (Å²) >= 11 is 0. The lowest BCUT2D eigenvalue weighted by molar-refractivity contribution is -0.387. The van der Waals surface area contributed by atoms with Gasteiger partial charge >= 0.3 is 5.69 Å². The van der Waals surface area contributed by atoms with Crippen molar-refractivity contribution in [2.24, 2.45) is 0 Å². The molecule has 6 heteroatoms. The van der Waals surface area contributed by atoms with Crippen LogP contribution in [-0.2, 0) is 6.61 Å². The zero-order valence-electron chi connectivity index (χ0n) is 11.2. The Balaban J connectivity index is 2.23. The van der Waals surface area contributed by atoms with Crippen LogP contribution in [0.3, 0.4) is 0 Å². The summed E-state index contributed by atoms with van der Waals surface area (Å²) in [5.74, 6) is -0.462. The number of hydrogen-bond donors (Lipinski definition) is 0. The van der Waals surface area contributed by atoms with Gasteiger partial charge in [-0.25, -0.2) is 0 Å². The van der Waals surface area contributed by atoms with Crippen molar-refractivity contribution in [1.82, 2.24) is 0 Å². The minimum absolute atomic E-state index is 0.0889. The summed E-state index contributed by atoms with van der Waals surface area (Å²) in [5.41, 5.74) is 0.722. The molecule has 0 spiro atoms. The predicted octanol–water partition coefficient (Wildman–Crippen LogP) is 3.49. The molecule has 0 atom stereocenters. The van der Waals surface area contributed by atoms with Gasteiger partial charge in [-0.3, -0.25) is 10.1 Å². The van der Waals surface area contributed by atoms with E-state index in [0.29, 0.717) is 11.3 Å². The van der Waals surface area contributed by atoms with E-state index in [1.165, 1.54) is 12.1 Å². The number of halogens is 1. The molecule has 0 heterocycles. The van der Waals surface area contributed by atoms with Crippen molar-refractivity contribution in [2.75, 3.05) is 0 Å². The molecule has 2 aromatic carbocycles. The van der Waals surface area contributed by atoms with Gasteiger partial charge in [-0.1, -0.05) is 18.2 Å². The summed E-state index contributed by atoms with van der Waals surface area (Å²) in [7, 11) is 0.